The van der Waals surface area contributed by atoms with Crippen molar-refractivity contribution in [3.63, 3.8) is 0 Å². The van der Waals surface area contributed by atoms with Crippen LogP contribution in [-0.2, 0) is 4.79 Å². The van der Waals surface area contributed by atoms with Crippen LogP contribution in [-0.4, -0.2) is 36.5 Å². The molecule has 80 valence electrons. The molecule has 1 aliphatic heterocycles. The van der Waals surface area contributed by atoms with Gasteiger partial charge in [0.2, 0.25) is 5.91 Å². The molecule has 0 unspecified atom stereocenters. The number of nitrogens with zero attached hydrogens (tertiary/aromatic N) is 1. The molecule has 3 heteroatoms. The number of rotatable bonds is 2. The molecule has 1 N–H and O–H groups in total. The standard InChI is InChI=1S/C11H20N2O/c1-12-9-4-6-10(7-5-9)13-8-2-3-11(13)14/h9-10,12H,2-8H2,1H3. The van der Waals surface area contributed by atoms with Gasteiger partial charge < -0.3 is 10.2 Å². The maximum Gasteiger partial charge on any atom is 0.222 e. The second-order valence-corrected chi connectivity index (χ2v) is 4.48. The second kappa shape index (κ2) is 4.30. The monoisotopic (exact) mass is 196 g/mol. The summed E-state index contributed by atoms with van der Waals surface area (Å²) in [6.07, 6.45) is 6.70. The molecule has 1 heterocycles. The molecular formula is C11H20N2O. The number of hydrogen-bond acceptors (Lipinski definition) is 2. The first kappa shape index (κ1) is 9.97. The molecule has 1 saturated carbocycles. The molecular weight excluding hydrogens is 176 g/mol. The van der Waals surface area contributed by atoms with Crippen molar-refractivity contribution in [2.75, 3.05) is 13.6 Å². The number of carbonyl (C=O) groups excluding carboxylic acids is 1. The van der Waals surface area contributed by atoms with Crippen LogP contribution in [0.1, 0.15) is 38.5 Å². The van der Waals surface area contributed by atoms with Crippen molar-refractivity contribution in [2.45, 2.75) is 50.6 Å². The van der Waals surface area contributed by atoms with Gasteiger partial charge in [0.05, 0.1) is 0 Å². The van der Waals surface area contributed by atoms with Crippen molar-refractivity contribution in [2.24, 2.45) is 0 Å². The normalized spacial score (nSPS) is 33.8. The van der Waals surface area contributed by atoms with Crippen LogP contribution < -0.4 is 5.32 Å². The Kier molecular flexibility index (Phi) is 3.06. The second-order valence-electron chi connectivity index (χ2n) is 4.48. The zero-order valence-electron chi connectivity index (χ0n) is 8.96. The summed E-state index contributed by atoms with van der Waals surface area (Å²) in [5, 5.41) is 3.32. The van der Waals surface area contributed by atoms with Crippen LogP contribution in [0, 0.1) is 0 Å². The molecule has 0 radical (unpaired) electrons. The fraction of sp³-hybridized carbons (Fsp3) is 0.909. The van der Waals surface area contributed by atoms with Crippen LogP contribution in [0.15, 0.2) is 0 Å². The van der Waals surface area contributed by atoms with Gasteiger partial charge in [0, 0.05) is 25.0 Å². The number of hydrogen-bond donors (Lipinski definition) is 1. The Morgan fingerprint density at radius 2 is 2.00 bits per heavy atom. The molecule has 0 atom stereocenters. The Bertz CT molecular complexity index is 209. The zero-order valence-corrected chi connectivity index (χ0v) is 8.96. The topological polar surface area (TPSA) is 32.3 Å². The van der Waals surface area contributed by atoms with Crippen LogP contribution in [0.3, 0.4) is 0 Å². The molecule has 0 bridgehead atoms. The van der Waals surface area contributed by atoms with Gasteiger partial charge in [-0.3, -0.25) is 4.79 Å². The number of likely N-dealkylation sites (tertiary alicyclic amines) is 1. The van der Waals surface area contributed by atoms with Crippen molar-refractivity contribution in [3.05, 3.63) is 0 Å². The third-order valence-electron chi connectivity index (χ3n) is 3.66. The van der Waals surface area contributed by atoms with E-state index in [9.17, 15) is 4.79 Å². The number of carbonyl (C=O) groups is 1. The Morgan fingerprint density at radius 1 is 1.29 bits per heavy atom. The minimum atomic E-state index is 0.387. The summed E-state index contributed by atoms with van der Waals surface area (Å²) in [5.41, 5.74) is 0. The average Bonchev–Trinajstić information content (AvgIpc) is 2.65. The van der Waals surface area contributed by atoms with Gasteiger partial charge in [-0.15, -0.1) is 0 Å². The third kappa shape index (κ3) is 1.92. The van der Waals surface area contributed by atoms with Gasteiger partial charge in [-0.05, 0) is 39.2 Å². The largest absolute Gasteiger partial charge is 0.340 e. The van der Waals surface area contributed by atoms with E-state index in [1.54, 1.807) is 0 Å². The van der Waals surface area contributed by atoms with E-state index in [1.807, 2.05) is 7.05 Å². The summed E-state index contributed by atoms with van der Waals surface area (Å²) in [5.74, 6) is 0.387. The molecule has 2 fully saturated rings. The lowest BCUT2D eigenvalue weighted by Crippen LogP contribution is -2.42. The van der Waals surface area contributed by atoms with Gasteiger partial charge in [-0.1, -0.05) is 0 Å². The van der Waals surface area contributed by atoms with Gasteiger partial charge in [-0.25, -0.2) is 0 Å². The van der Waals surface area contributed by atoms with E-state index in [-0.39, 0.29) is 0 Å². The highest BCUT2D eigenvalue weighted by Gasteiger charge is 2.30. The van der Waals surface area contributed by atoms with E-state index in [4.69, 9.17) is 0 Å². The molecule has 0 aromatic heterocycles. The average molecular weight is 196 g/mol. The van der Waals surface area contributed by atoms with Crippen LogP contribution in [0.5, 0.6) is 0 Å². The predicted molar refractivity (Wildman–Crippen MR) is 56.1 cm³/mol. The molecule has 0 aromatic carbocycles. The smallest absolute Gasteiger partial charge is 0.222 e. The van der Waals surface area contributed by atoms with Crippen molar-refractivity contribution >= 4 is 5.91 Å². The van der Waals surface area contributed by atoms with Gasteiger partial charge in [0.1, 0.15) is 0 Å². The van der Waals surface area contributed by atoms with Crippen molar-refractivity contribution < 1.29 is 4.79 Å². The third-order valence-corrected chi connectivity index (χ3v) is 3.66. The quantitative estimate of drug-likeness (QED) is 0.718. The van der Waals surface area contributed by atoms with Gasteiger partial charge >= 0.3 is 0 Å². The Morgan fingerprint density at radius 3 is 2.50 bits per heavy atom. The summed E-state index contributed by atoms with van der Waals surface area (Å²) >= 11 is 0. The van der Waals surface area contributed by atoms with E-state index in [0.29, 0.717) is 18.0 Å². The fourth-order valence-electron chi connectivity index (χ4n) is 2.73. The minimum absolute atomic E-state index is 0.387. The molecule has 2 aliphatic rings. The summed E-state index contributed by atoms with van der Waals surface area (Å²) in [7, 11) is 2.03. The maximum atomic E-state index is 11.5. The van der Waals surface area contributed by atoms with E-state index < -0.39 is 0 Å². The summed E-state index contributed by atoms with van der Waals surface area (Å²) in [4.78, 5) is 13.7. The number of amides is 1. The van der Waals surface area contributed by atoms with Gasteiger partial charge in [-0.2, -0.15) is 0 Å². The molecule has 1 amide bonds. The Hall–Kier alpha value is -0.570. The summed E-state index contributed by atoms with van der Waals surface area (Å²) < 4.78 is 0. The molecule has 1 aliphatic carbocycles. The highest BCUT2D eigenvalue weighted by Crippen LogP contribution is 2.26. The highest BCUT2D eigenvalue weighted by molar-refractivity contribution is 5.78. The SMILES string of the molecule is CNC1CCC(N2CCCC2=O)CC1. The predicted octanol–water partition coefficient (Wildman–Crippen LogP) is 1.14. The first-order chi connectivity index (χ1) is 6.81. The maximum absolute atomic E-state index is 11.5. The fourth-order valence-corrected chi connectivity index (χ4v) is 2.73. The van der Waals surface area contributed by atoms with Crippen molar-refractivity contribution in [3.8, 4) is 0 Å². The highest BCUT2D eigenvalue weighted by atomic mass is 16.2. The lowest BCUT2D eigenvalue weighted by molar-refractivity contribution is -0.130. The molecule has 14 heavy (non-hydrogen) atoms. The lowest BCUT2D eigenvalue weighted by atomic mass is 9.90. The van der Waals surface area contributed by atoms with Crippen LogP contribution in [0.2, 0.25) is 0 Å². The van der Waals surface area contributed by atoms with Gasteiger partial charge in [0.25, 0.3) is 0 Å². The van der Waals surface area contributed by atoms with Crippen molar-refractivity contribution in [1.29, 1.82) is 0 Å². The van der Waals surface area contributed by atoms with E-state index in [1.165, 1.54) is 25.7 Å². The van der Waals surface area contributed by atoms with E-state index in [2.05, 4.69) is 10.2 Å². The van der Waals surface area contributed by atoms with Gasteiger partial charge in [0.15, 0.2) is 0 Å². The van der Waals surface area contributed by atoms with E-state index >= 15 is 0 Å². The molecule has 0 aromatic rings. The summed E-state index contributed by atoms with van der Waals surface area (Å²) in [6, 6.07) is 1.23. The van der Waals surface area contributed by atoms with E-state index in [0.717, 1.165) is 19.4 Å². The van der Waals surface area contributed by atoms with Crippen LogP contribution >= 0.6 is 0 Å². The molecule has 2 rings (SSSR count). The first-order valence-electron chi connectivity index (χ1n) is 5.78. The van der Waals surface area contributed by atoms with Crippen LogP contribution in [0.4, 0.5) is 0 Å². The van der Waals surface area contributed by atoms with Crippen LogP contribution in [0.25, 0.3) is 0 Å². The molecule has 3 nitrogen and oxygen atoms in total. The number of nitrogens with one attached hydrogen (secondary N) is 1. The molecule has 0 spiro atoms. The lowest BCUT2D eigenvalue weighted by Gasteiger charge is -2.34. The summed E-state index contributed by atoms with van der Waals surface area (Å²) in [6.45, 7) is 1.01. The van der Waals surface area contributed by atoms with Crippen molar-refractivity contribution in [1.82, 2.24) is 10.2 Å². The zero-order chi connectivity index (χ0) is 9.97. The minimum Gasteiger partial charge on any atom is -0.340 e. The first-order valence-corrected chi connectivity index (χ1v) is 5.78. The molecule has 1 saturated heterocycles. The Balaban J connectivity index is 1.85. The Labute approximate surface area is 85.8 Å².